The Balaban J connectivity index is 3.22. The fourth-order valence-electron chi connectivity index (χ4n) is 1.70. The summed E-state index contributed by atoms with van der Waals surface area (Å²) in [5, 5.41) is 10.9. The number of benzene rings is 1. The molecule has 6 heteroatoms. The summed E-state index contributed by atoms with van der Waals surface area (Å²) in [5.41, 5.74) is 5.16. The van der Waals surface area contributed by atoms with Gasteiger partial charge in [0.2, 0.25) is 0 Å². The van der Waals surface area contributed by atoms with E-state index in [0.29, 0.717) is 5.56 Å². The van der Waals surface area contributed by atoms with Crippen molar-refractivity contribution in [2.75, 3.05) is 7.11 Å². The lowest BCUT2D eigenvalue weighted by Gasteiger charge is -2.28. The molecule has 18 heavy (non-hydrogen) atoms. The molecule has 0 radical (unpaired) electrons. The van der Waals surface area contributed by atoms with E-state index in [2.05, 4.69) is 4.74 Å². The number of para-hydroxylation sites is 1. The molecule has 1 aromatic rings. The summed E-state index contributed by atoms with van der Waals surface area (Å²) in [5.74, 6) is -0.506. The number of nitro groups is 1. The van der Waals surface area contributed by atoms with Gasteiger partial charge in [0.05, 0.1) is 23.5 Å². The van der Waals surface area contributed by atoms with Crippen LogP contribution >= 0.6 is 0 Å². The van der Waals surface area contributed by atoms with Crippen molar-refractivity contribution in [1.29, 1.82) is 0 Å². The largest absolute Gasteiger partial charge is 0.469 e. The summed E-state index contributed by atoms with van der Waals surface area (Å²) in [6, 6.07) is 5.30. The zero-order valence-electron chi connectivity index (χ0n) is 10.5. The highest BCUT2D eigenvalue weighted by Crippen LogP contribution is 2.36. The van der Waals surface area contributed by atoms with Crippen molar-refractivity contribution in [3.05, 3.63) is 39.9 Å². The molecular formula is C12H16N2O4. The van der Waals surface area contributed by atoms with E-state index in [4.69, 9.17) is 5.73 Å². The highest BCUT2D eigenvalue weighted by Gasteiger charge is 2.39. The van der Waals surface area contributed by atoms with E-state index >= 15 is 0 Å². The molecule has 0 saturated carbocycles. The summed E-state index contributed by atoms with van der Waals surface area (Å²) >= 11 is 0. The molecule has 0 spiro atoms. The van der Waals surface area contributed by atoms with Crippen LogP contribution in [0, 0.1) is 15.5 Å². The Morgan fingerprint density at radius 2 is 2.00 bits per heavy atom. The summed E-state index contributed by atoms with van der Waals surface area (Å²) in [4.78, 5) is 22.1. The third-order valence-electron chi connectivity index (χ3n) is 2.96. The number of esters is 1. The first-order valence-corrected chi connectivity index (χ1v) is 5.39. The van der Waals surface area contributed by atoms with Gasteiger partial charge in [0.25, 0.3) is 5.69 Å². The van der Waals surface area contributed by atoms with Crippen molar-refractivity contribution in [1.82, 2.24) is 0 Å². The van der Waals surface area contributed by atoms with Gasteiger partial charge in [0, 0.05) is 11.6 Å². The number of ether oxygens (including phenoxy) is 1. The number of methoxy groups -OCH3 is 1. The molecule has 0 aliphatic heterocycles. The number of carbonyl (C=O) groups excluding carboxylic acids is 1. The van der Waals surface area contributed by atoms with Gasteiger partial charge in [-0.15, -0.1) is 0 Å². The quantitative estimate of drug-likeness (QED) is 0.500. The Hall–Kier alpha value is -1.95. The maximum Gasteiger partial charge on any atom is 0.313 e. The van der Waals surface area contributed by atoms with Crippen LogP contribution in [0.15, 0.2) is 24.3 Å². The van der Waals surface area contributed by atoms with Gasteiger partial charge in [0.1, 0.15) is 0 Å². The lowest BCUT2D eigenvalue weighted by atomic mass is 9.80. The lowest BCUT2D eigenvalue weighted by Crippen LogP contribution is -2.37. The summed E-state index contributed by atoms with van der Waals surface area (Å²) < 4.78 is 4.67. The van der Waals surface area contributed by atoms with Crippen molar-refractivity contribution >= 4 is 11.7 Å². The average molecular weight is 252 g/mol. The summed E-state index contributed by atoms with van der Waals surface area (Å²) in [7, 11) is 1.26. The highest BCUT2D eigenvalue weighted by atomic mass is 16.6. The Labute approximate surface area is 105 Å². The first-order valence-electron chi connectivity index (χ1n) is 5.39. The van der Waals surface area contributed by atoms with Gasteiger partial charge in [-0.2, -0.15) is 0 Å². The predicted molar refractivity (Wildman–Crippen MR) is 65.8 cm³/mol. The van der Waals surface area contributed by atoms with Crippen LogP contribution in [0.1, 0.15) is 25.5 Å². The molecule has 1 rings (SSSR count). The third-order valence-corrected chi connectivity index (χ3v) is 2.96. The van der Waals surface area contributed by atoms with Crippen LogP contribution in [-0.4, -0.2) is 18.0 Å². The van der Waals surface area contributed by atoms with Gasteiger partial charge in [-0.25, -0.2) is 0 Å². The van der Waals surface area contributed by atoms with Crippen molar-refractivity contribution in [3.63, 3.8) is 0 Å². The number of nitrogens with two attached hydrogens (primary N) is 1. The molecule has 2 N–H and O–H groups in total. The lowest BCUT2D eigenvalue weighted by molar-refractivity contribution is -0.385. The summed E-state index contributed by atoms with van der Waals surface area (Å²) in [6.45, 7) is 3.19. The second-order valence-electron chi connectivity index (χ2n) is 4.51. The number of carbonyl (C=O) groups is 1. The van der Waals surface area contributed by atoms with Crippen LogP contribution in [0.2, 0.25) is 0 Å². The molecule has 0 aromatic heterocycles. The van der Waals surface area contributed by atoms with Crippen LogP contribution in [-0.2, 0) is 9.53 Å². The zero-order valence-corrected chi connectivity index (χ0v) is 10.5. The second kappa shape index (κ2) is 5.14. The van der Waals surface area contributed by atoms with Gasteiger partial charge < -0.3 is 10.5 Å². The molecule has 0 bridgehead atoms. The maximum atomic E-state index is 11.7. The molecule has 6 nitrogen and oxygen atoms in total. The van der Waals surface area contributed by atoms with Gasteiger partial charge in [-0.3, -0.25) is 14.9 Å². The standard InChI is InChI=1S/C12H16N2O4/c1-12(2,11(15)18-3)10(13)8-6-4-5-7-9(8)14(16)17/h4-7,10H,13H2,1-3H3/t10-/m1/s1. The molecular weight excluding hydrogens is 236 g/mol. The van der Waals surface area contributed by atoms with Crippen LogP contribution in [0.25, 0.3) is 0 Å². The van der Waals surface area contributed by atoms with Crippen molar-refractivity contribution in [3.8, 4) is 0 Å². The normalized spacial score (nSPS) is 12.9. The van der Waals surface area contributed by atoms with Gasteiger partial charge in [0.15, 0.2) is 0 Å². The van der Waals surface area contributed by atoms with Crippen LogP contribution < -0.4 is 5.73 Å². The molecule has 0 heterocycles. The van der Waals surface area contributed by atoms with Gasteiger partial charge in [-0.05, 0) is 13.8 Å². The minimum atomic E-state index is -1.04. The molecule has 0 unspecified atom stereocenters. The number of nitrogens with zero attached hydrogens (tertiary/aromatic N) is 1. The van der Waals surface area contributed by atoms with E-state index in [-0.39, 0.29) is 5.69 Å². The van der Waals surface area contributed by atoms with E-state index in [0.717, 1.165) is 0 Å². The first-order chi connectivity index (χ1) is 8.32. The van der Waals surface area contributed by atoms with E-state index in [1.165, 1.54) is 13.2 Å². The fourth-order valence-corrected chi connectivity index (χ4v) is 1.70. The van der Waals surface area contributed by atoms with E-state index in [9.17, 15) is 14.9 Å². The third kappa shape index (κ3) is 2.48. The van der Waals surface area contributed by atoms with E-state index in [1.54, 1.807) is 32.0 Å². The highest BCUT2D eigenvalue weighted by molar-refractivity contribution is 5.77. The van der Waals surface area contributed by atoms with Crippen LogP contribution in [0.3, 0.4) is 0 Å². The summed E-state index contributed by atoms with van der Waals surface area (Å²) in [6.07, 6.45) is 0. The number of nitro benzene ring substituents is 1. The molecule has 1 atom stereocenters. The molecule has 0 amide bonds. The van der Waals surface area contributed by atoms with Crippen molar-refractivity contribution in [2.45, 2.75) is 19.9 Å². The molecule has 0 fully saturated rings. The van der Waals surface area contributed by atoms with Gasteiger partial charge >= 0.3 is 5.97 Å². The molecule has 0 aliphatic rings. The Bertz CT molecular complexity index is 471. The number of rotatable bonds is 4. The van der Waals surface area contributed by atoms with E-state index < -0.39 is 22.3 Å². The van der Waals surface area contributed by atoms with Crippen molar-refractivity contribution < 1.29 is 14.5 Å². The van der Waals surface area contributed by atoms with Crippen LogP contribution in [0.4, 0.5) is 5.69 Å². The maximum absolute atomic E-state index is 11.7. The van der Waals surface area contributed by atoms with Crippen molar-refractivity contribution in [2.24, 2.45) is 11.1 Å². The van der Waals surface area contributed by atoms with Crippen LogP contribution in [0.5, 0.6) is 0 Å². The topological polar surface area (TPSA) is 95.5 Å². The molecule has 1 aromatic carbocycles. The van der Waals surface area contributed by atoms with E-state index in [1.807, 2.05) is 0 Å². The minimum Gasteiger partial charge on any atom is -0.469 e. The second-order valence-corrected chi connectivity index (χ2v) is 4.51. The Kier molecular flexibility index (Phi) is 4.03. The zero-order chi connectivity index (χ0) is 13.9. The first kappa shape index (κ1) is 14.1. The Morgan fingerprint density at radius 3 is 2.50 bits per heavy atom. The SMILES string of the molecule is COC(=O)C(C)(C)[C@H](N)c1ccccc1[N+](=O)[O-]. The predicted octanol–water partition coefficient (Wildman–Crippen LogP) is 1.79. The minimum absolute atomic E-state index is 0.0954. The fraction of sp³-hybridized carbons (Fsp3) is 0.417. The van der Waals surface area contributed by atoms with Gasteiger partial charge in [-0.1, -0.05) is 18.2 Å². The average Bonchev–Trinajstić information content (AvgIpc) is 2.36. The molecule has 98 valence electrons. The number of hydrogen-bond acceptors (Lipinski definition) is 5. The number of hydrogen-bond donors (Lipinski definition) is 1. The monoisotopic (exact) mass is 252 g/mol. The molecule has 0 aliphatic carbocycles. The smallest absolute Gasteiger partial charge is 0.313 e. The molecule has 0 saturated heterocycles. The Morgan fingerprint density at radius 1 is 1.44 bits per heavy atom.